The van der Waals surface area contributed by atoms with Crippen molar-refractivity contribution < 1.29 is 4.79 Å². The molecule has 1 aliphatic heterocycles. The summed E-state index contributed by atoms with van der Waals surface area (Å²) in [6, 6.07) is 7.02. The predicted octanol–water partition coefficient (Wildman–Crippen LogP) is 0.373. The first kappa shape index (κ1) is 16.2. The van der Waals surface area contributed by atoms with Gasteiger partial charge in [-0.3, -0.25) is 19.0 Å². The second-order valence-electron chi connectivity index (χ2n) is 6.34. The van der Waals surface area contributed by atoms with Crippen LogP contribution in [0.25, 0.3) is 10.9 Å². The standard InChI is InChI=1S/C18H17N5O3/c1-11-20-15-6-7-22(8-13(15)17(25)21-11)16(24)9-23-10-19-14-5-3-2-4-12(14)18(23)26/h2-5,10H,6-9H2,1H3,(H,20,21,25). The molecule has 0 saturated carbocycles. The number of fused-ring (bicyclic) bond motifs is 2. The number of rotatable bonds is 2. The molecule has 1 aromatic carbocycles. The van der Waals surface area contributed by atoms with E-state index in [4.69, 9.17) is 0 Å². The van der Waals surface area contributed by atoms with Crippen LogP contribution in [-0.2, 0) is 24.3 Å². The highest BCUT2D eigenvalue weighted by Crippen LogP contribution is 2.14. The van der Waals surface area contributed by atoms with Gasteiger partial charge >= 0.3 is 0 Å². The summed E-state index contributed by atoms with van der Waals surface area (Å²) in [6.07, 6.45) is 1.91. The van der Waals surface area contributed by atoms with E-state index in [-0.39, 0.29) is 30.1 Å². The number of aromatic nitrogens is 4. The van der Waals surface area contributed by atoms with E-state index in [1.807, 2.05) is 6.07 Å². The number of H-pyrrole nitrogens is 1. The molecule has 132 valence electrons. The van der Waals surface area contributed by atoms with Crippen molar-refractivity contribution in [3.63, 3.8) is 0 Å². The minimum absolute atomic E-state index is 0.108. The van der Waals surface area contributed by atoms with E-state index in [1.165, 1.54) is 10.9 Å². The fraction of sp³-hybridized carbons (Fsp3) is 0.278. The molecule has 0 saturated heterocycles. The van der Waals surface area contributed by atoms with Crippen LogP contribution < -0.4 is 11.1 Å². The molecule has 3 aromatic rings. The third kappa shape index (κ3) is 2.79. The van der Waals surface area contributed by atoms with Crippen LogP contribution >= 0.6 is 0 Å². The van der Waals surface area contributed by atoms with Crippen LogP contribution in [0.4, 0.5) is 0 Å². The lowest BCUT2D eigenvalue weighted by Gasteiger charge is -2.28. The van der Waals surface area contributed by atoms with Gasteiger partial charge < -0.3 is 9.88 Å². The number of benzene rings is 1. The summed E-state index contributed by atoms with van der Waals surface area (Å²) in [5.74, 6) is 0.345. The number of aryl methyl sites for hydroxylation is 1. The molecule has 1 N–H and O–H groups in total. The van der Waals surface area contributed by atoms with E-state index in [1.54, 1.807) is 30.0 Å². The molecule has 4 rings (SSSR count). The van der Waals surface area contributed by atoms with Crippen molar-refractivity contribution in [2.24, 2.45) is 0 Å². The molecule has 3 heterocycles. The van der Waals surface area contributed by atoms with Crippen LogP contribution in [-0.4, -0.2) is 36.9 Å². The molecule has 1 amide bonds. The Hall–Kier alpha value is -3.29. The zero-order valence-corrected chi connectivity index (χ0v) is 14.2. The van der Waals surface area contributed by atoms with Gasteiger partial charge in [-0.2, -0.15) is 0 Å². The van der Waals surface area contributed by atoms with Gasteiger partial charge in [-0.1, -0.05) is 12.1 Å². The molecule has 2 aromatic heterocycles. The lowest BCUT2D eigenvalue weighted by atomic mass is 10.1. The quantitative estimate of drug-likeness (QED) is 0.719. The van der Waals surface area contributed by atoms with Crippen molar-refractivity contribution in [2.75, 3.05) is 6.54 Å². The second kappa shape index (κ2) is 6.21. The lowest BCUT2D eigenvalue weighted by Crippen LogP contribution is -2.42. The van der Waals surface area contributed by atoms with Gasteiger partial charge in [0.25, 0.3) is 11.1 Å². The number of hydrogen-bond acceptors (Lipinski definition) is 5. The third-order valence-corrected chi connectivity index (χ3v) is 4.58. The fourth-order valence-corrected chi connectivity index (χ4v) is 3.23. The minimum atomic E-state index is -0.253. The average molecular weight is 351 g/mol. The molecule has 0 radical (unpaired) electrons. The first-order chi connectivity index (χ1) is 12.5. The Morgan fingerprint density at radius 3 is 2.92 bits per heavy atom. The Labute approximate surface area is 148 Å². The van der Waals surface area contributed by atoms with Crippen molar-refractivity contribution in [3.05, 3.63) is 68.4 Å². The zero-order valence-electron chi connectivity index (χ0n) is 14.2. The molecule has 0 unspecified atom stereocenters. The van der Waals surface area contributed by atoms with Crippen LogP contribution in [0.2, 0.25) is 0 Å². The van der Waals surface area contributed by atoms with Crippen molar-refractivity contribution in [1.82, 2.24) is 24.4 Å². The predicted molar refractivity (Wildman–Crippen MR) is 94.7 cm³/mol. The molecule has 8 nitrogen and oxygen atoms in total. The van der Waals surface area contributed by atoms with Gasteiger partial charge in [0, 0.05) is 13.0 Å². The van der Waals surface area contributed by atoms with E-state index in [0.717, 1.165) is 5.69 Å². The van der Waals surface area contributed by atoms with E-state index in [0.29, 0.717) is 35.3 Å². The molecule has 1 aliphatic rings. The van der Waals surface area contributed by atoms with Crippen molar-refractivity contribution in [1.29, 1.82) is 0 Å². The largest absolute Gasteiger partial charge is 0.336 e. The Bertz CT molecular complexity index is 1130. The van der Waals surface area contributed by atoms with Gasteiger partial charge in [0.05, 0.1) is 35.0 Å². The molecule has 0 fully saturated rings. The van der Waals surface area contributed by atoms with Crippen LogP contribution in [0.5, 0.6) is 0 Å². The number of amides is 1. The summed E-state index contributed by atoms with van der Waals surface area (Å²) in [4.78, 5) is 50.1. The Morgan fingerprint density at radius 2 is 2.08 bits per heavy atom. The van der Waals surface area contributed by atoms with Crippen molar-refractivity contribution >= 4 is 16.8 Å². The van der Waals surface area contributed by atoms with Gasteiger partial charge in [0.1, 0.15) is 12.4 Å². The van der Waals surface area contributed by atoms with Gasteiger partial charge in [0.15, 0.2) is 0 Å². The number of carbonyl (C=O) groups excluding carboxylic acids is 1. The van der Waals surface area contributed by atoms with Crippen LogP contribution in [0.3, 0.4) is 0 Å². The van der Waals surface area contributed by atoms with Crippen LogP contribution in [0.15, 0.2) is 40.2 Å². The number of aromatic amines is 1. The molecule has 0 bridgehead atoms. The second-order valence-corrected chi connectivity index (χ2v) is 6.34. The first-order valence-electron chi connectivity index (χ1n) is 8.33. The van der Waals surface area contributed by atoms with Gasteiger partial charge in [-0.15, -0.1) is 0 Å². The maximum Gasteiger partial charge on any atom is 0.261 e. The number of carbonyl (C=O) groups is 1. The Balaban J connectivity index is 1.59. The number of para-hydroxylation sites is 1. The van der Waals surface area contributed by atoms with Crippen LogP contribution in [0, 0.1) is 6.92 Å². The molecule has 0 aliphatic carbocycles. The Morgan fingerprint density at radius 1 is 1.27 bits per heavy atom. The highest BCUT2D eigenvalue weighted by molar-refractivity contribution is 5.79. The smallest absolute Gasteiger partial charge is 0.261 e. The summed E-state index contributed by atoms with van der Waals surface area (Å²) in [5, 5.41) is 0.475. The molecule has 8 heteroatoms. The Kier molecular flexibility index (Phi) is 3.87. The number of nitrogens with one attached hydrogen (secondary N) is 1. The summed E-state index contributed by atoms with van der Waals surface area (Å²) in [6.45, 7) is 2.30. The summed E-state index contributed by atoms with van der Waals surface area (Å²) >= 11 is 0. The summed E-state index contributed by atoms with van der Waals surface area (Å²) < 4.78 is 1.30. The average Bonchev–Trinajstić information content (AvgIpc) is 2.64. The molecular weight excluding hydrogens is 334 g/mol. The van der Waals surface area contributed by atoms with E-state index in [2.05, 4.69) is 15.0 Å². The van der Waals surface area contributed by atoms with Crippen LogP contribution in [0.1, 0.15) is 17.1 Å². The third-order valence-electron chi connectivity index (χ3n) is 4.58. The number of hydrogen-bond donors (Lipinski definition) is 1. The summed E-state index contributed by atoms with van der Waals surface area (Å²) in [7, 11) is 0. The molecule has 26 heavy (non-hydrogen) atoms. The van der Waals surface area contributed by atoms with Gasteiger partial charge in [-0.25, -0.2) is 9.97 Å². The molecule has 0 atom stereocenters. The topological polar surface area (TPSA) is 101 Å². The molecule has 0 spiro atoms. The van der Waals surface area contributed by atoms with Crippen molar-refractivity contribution in [3.8, 4) is 0 Å². The maximum absolute atomic E-state index is 12.6. The summed E-state index contributed by atoms with van der Waals surface area (Å²) in [5.41, 5.74) is 1.38. The van der Waals surface area contributed by atoms with E-state index in [9.17, 15) is 14.4 Å². The SMILES string of the molecule is Cc1nc2c(c(=O)[nH]1)CN(C(=O)Cn1cnc3ccccc3c1=O)CC2. The molecular formula is C18H17N5O3. The van der Waals surface area contributed by atoms with E-state index < -0.39 is 0 Å². The lowest BCUT2D eigenvalue weighted by molar-refractivity contribution is -0.132. The normalized spacial score (nSPS) is 13.7. The van der Waals surface area contributed by atoms with Gasteiger partial charge in [-0.05, 0) is 19.1 Å². The van der Waals surface area contributed by atoms with Crippen molar-refractivity contribution in [2.45, 2.75) is 26.4 Å². The zero-order chi connectivity index (χ0) is 18.3. The fourth-order valence-electron chi connectivity index (χ4n) is 3.23. The van der Waals surface area contributed by atoms with Gasteiger partial charge in [0.2, 0.25) is 5.91 Å². The monoisotopic (exact) mass is 351 g/mol. The maximum atomic E-state index is 12.6. The first-order valence-corrected chi connectivity index (χ1v) is 8.33. The minimum Gasteiger partial charge on any atom is -0.336 e. The highest BCUT2D eigenvalue weighted by Gasteiger charge is 2.24. The highest BCUT2D eigenvalue weighted by atomic mass is 16.2. The van der Waals surface area contributed by atoms with E-state index >= 15 is 0 Å². The number of nitrogens with zero attached hydrogens (tertiary/aromatic N) is 4.